The Balaban J connectivity index is 3.20. The number of nitrogens with one attached hydrogen (secondary N) is 1. The van der Waals surface area contributed by atoms with Gasteiger partial charge in [-0.1, -0.05) is 26.0 Å². The van der Waals surface area contributed by atoms with Crippen molar-refractivity contribution in [2.45, 2.75) is 25.5 Å². The number of rotatable bonds is 6. The second-order valence-electron chi connectivity index (χ2n) is 2.78. The quantitative estimate of drug-likeness (QED) is 0.619. The van der Waals surface area contributed by atoms with E-state index in [9.17, 15) is 0 Å². The predicted octanol–water partition coefficient (Wildman–Crippen LogP) is 2.29. The zero-order chi connectivity index (χ0) is 8.69. The van der Waals surface area contributed by atoms with Gasteiger partial charge < -0.3 is 5.32 Å². The molecular formula is C9H19NS. The van der Waals surface area contributed by atoms with E-state index >= 15 is 0 Å². The average Bonchev–Trinajstić information content (AvgIpc) is 2.04. The third kappa shape index (κ3) is 6.45. The summed E-state index contributed by atoms with van der Waals surface area (Å²) in [6, 6.07) is 0. The largest absolute Gasteiger partial charge is 0.312 e. The highest BCUT2D eigenvalue weighted by Crippen LogP contribution is 2.02. The minimum Gasteiger partial charge on any atom is -0.312 e. The summed E-state index contributed by atoms with van der Waals surface area (Å²) in [6.45, 7) is 10.4. The average molecular weight is 173 g/mol. The zero-order valence-electron chi connectivity index (χ0n) is 7.81. The molecule has 0 aromatic carbocycles. The molecule has 0 bridgehead atoms. The van der Waals surface area contributed by atoms with Gasteiger partial charge >= 0.3 is 0 Å². The molecule has 2 heteroatoms. The van der Waals surface area contributed by atoms with Crippen LogP contribution in [0.4, 0.5) is 0 Å². The molecule has 1 N–H and O–H groups in total. The van der Waals surface area contributed by atoms with E-state index in [1.54, 1.807) is 0 Å². The summed E-state index contributed by atoms with van der Waals surface area (Å²) in [4.78, 5) is 0. The maximum Gasteiger partial charge on any atom is 0.0162 e. The topological polar surface area (TPSA) is 12.0 Å². The molecule has 0 aliphatic rings. The van der Waals surface area contributed by atoms with Crippen molar-refractivity contribution in [1.82, 2.24) is 5.32 Å². The molecular weight excluding hydrogens is 154 g/mol. The van der Waals surface area contributed by atoms with Crippen LogP contribution in [0.2, 0.25) is 0 Å². The Morgan fingerprint density at radius 3 is 2.73 bits per heavy atom. The van der Waals surface area contributed by atoms with Crippen LogP contribution in [0.1, 0.15) is 20.3 Å². The summed E-state index contributed by atoms with van der Waals surface area (Å²) in [5, 5.41) is 4.07. The van der Waals surface area contributed by atoms with Crippen LogP contribution in [0.15, 0.2) is 12.2 Å². The molecule has 0 heterocycles. The molecule has 0 spiro atoms. The normalized spacial score (nSPS) is 13.0. The first-order valence-electron chi connectivity index (χ1n) is 4.10. The van der Waals surface area contributed by atoms with E-state index in [1.807, 2.05) is 11.8 Å². The zero-order valence-corrected chi connectivity index (χ0v) is 8.63. The van der Waals surface area contributed by atoms with Gasteiger partial charge in [0.2, 0.25) is 0 Å². The molecule has 66 valence electrons. The molecule has 0 aromatic rings. The molecule has 0 radical (unpaired) electrons. The van der Waals surface area contributed by atoms with Gasteiger partial charge in [-0.15, -0.1) is 0 Å². The Labute approximate surface area is 74.6 Å². The lowest BCUT2D eigenvalue weighted by Gasteiger charge is -2.09. The van der Waals surface area contributed by atoms with E-state index in [1.165, 1.54) is 5.57 Å². The Kier molecular flexibility index (Phi) is 6.77. The molecule has 0 amide bonds. The number of hydrogen-bond donors (Lipinski definition) is 1. The van der Waals surface area contributed by atoms with Crippen LogP contribution in [0.3, 0.4) is 0 Å². The molecule has 0 aromatic heterocycles. The SMILES string of the molecule is C=C(CC)CNCC(C)SC. The summed E-state index contributed by atoms with van der Waals surface area (Å²) in [5.74, 6) is 0. The highest BCUT2D eigenvalue weighted by atomic mass is 32.2. The Morgan fingerprint density at radius 2 is 2.27 bits per heavy atom. The smallest absolute Gasteiger partial charge is 0.0162 e. The molecule has 0 saturated carbocycles. The van der Waals surface area contributed by atoms with Crippen LogP contribution >= 0.6 is 11.8 Å². The lowest BCUT2D eigenvalue weighted by molar-refractivity contribution is 0.714. The monoisotopic (exact) mass is 173 g/mol. The van der Waals surface area contributed by atoms with Crippen LogP contribution in [-0.2, 0) is 0 Å². The summed E-state index contributed by atoms with van der Waals surface area (Å²) < 4.78 is 0. The van der Waals surface area contributed by atoms with Crippen LogP contribution in [-0.4, -0.2) is 24.6 Å². The molecule has 1 atom stereocenters. The van der Waals surface area contributed by atoms with Crippen LogP contribution in [0.25, 0.3) is 0 Å². The number of hydrogen-bond acceptors (Lipinski definition) is 2. The second kappa shape index (κ2) is 6.74. The number of thioether (sulfide) groups is 1. The fourth-order valence-electron chi connectivity index (χ4n) is 0.661. The maximum absolute atomic E-state index is 3.93. The minimum absolute atomic E-state index is 0.708. The van der Waals surface area contributed by atoms with Crippen molar-refractivity contribution < 1.29 is 0 Å². The van der Waals surface area contributed by atoms with Gasteiger partial charge in [0.05, 0.1) is 0 Å². The van der Waals surface area contributed by atoms with E-state index in [0.717, 1.165) is 19.5 Å². The first-order valence-corrected chi connectivity index (χ1v) is 5.39. The molecule has 0 aliphatic carbocycles. The summed E-state index contributed by atoms with van der Waals surface area (Å²) in [6.07, 6.45) is 3.22. The van der Waals surface area contributed by atoms with Crippen LogP contribution in [0, 0.1) is 0 Å². The second-order valence-corrected chi connectivity index (χ2v) is 4.06. The van der Waals surface area contributed by atoms with Crippen LogP contribution < -0.4 is 5.32 Å². The highest BCUT2D eigenvalue weighted by molar-refractivity contribution is 7.99. The summed E-state index contributed by atoms with van der Waals surface area (Å²) in [7, 11) is 0. The molecule has 11 heavy (non-hydrogen) atoms. The Morgan fingerprint density at radius 1 is 1.64 bits per heavy atom. The van der Waals surface area contributed by atoms with Gasteiger partial charge in [0.25, 0.3) is 0 Å². The van der Waals surface area contributed by atoms with E-state index in [2.05, 4.69) is 32.0 Å². The fraction of sp³-hybridized carbons (Fsp3) is 0.778. The molecule has 0 aliphatic heterocycles. The minimum atomic E-state index is 0.708. The van der Waals surface area contributed by atoms with Crippen LogP contribution in [0.5, 0.6) is 0 Å². The van der Waals surface area contributed by atoms with Crippen molar-refractivity contribution in [2.75, 3.05) is 19.3 Å². The van der Waals surface area contributed by atoms with Crippen molar-refractivity contribution in [3.63, 3.8) is 0 Å². The maximum atomic E-state index is 3.93. The van der Waals surface area contributed by atoms with Gasteiger partial charge in [0, 0.05) is 18.3 Å². The van der Waals surface area contributed by atoms with E-state index in [-0.39, 0.29) is 0 Å². The van der Waals surface area contributed by atoms with Crippen molar-refractivity contribution in [3.8, 4) is 0 Å². The van der Waals surface area contributed by atoms with E-state index < -0.39 is 0 Å². The van der Waals surface area contributed by atoms with Crippen molar-refractivity contribution in [3.05, 3.63) is 12.2 Å². The summed E-state index contributed by atoms with van der Waals surface area (Å²) >= 11 is 1.89. The van der Waals surface area contributed by atoms with Gasteiger partial charge in [-0.25, -0.2) is 0 Å². The van der Waals surface area contributed by atoms with Gasteiger partial charge in [-0.2, -0.15) is 11.8 Å². The molecule has 1 nitrogen and oxygen atoms in total. The molecule has 1 unspecified atom stereocenters. The van der Waals surface area contributed by atoms with Crippen molar-refractivity contribution in [1.29, 1.82) is 0 Å². The molecule has 0 rings (SSSR count). The van der Waals surface area contributed by atoms with Gasteiger partial charge in [-0.05, 0) is 12.7 Å². The fourth-order valence-corrected chi connectivity index (χ4v) is 0.945. The molecule has 0 saturated heterocycles. The standard InChI is InChI=1S/C9H19NS/c1-5-8(2)6-10-7-9(3)11-4/h9-10H,2,5-7H2,1,3-4H3. The van der Waals surface area contributed by atoms with E-state index in [0.29, 0.717) is 5.25 Å². The van der Waals surface area contributed by atoms with Gasteiger partial charge in [-0.3, -0.25) is 0 Å². The Hall–Kier alpha value is 0.0500. The van der Waals surface area contributed by atoms with Gasteiger partial charge in [0.15, 0.2) is 0 Å². The van der Waals surface area contributed by atoms with Crippen molar-refractivity contribution >= 4 is 11.8 Å². The lowest BCUT2D eigenvalue weighted by Crippen LogP contribution is -2.24. The third-order valence-electron chi connectivity index (χ3n) is 1.71. The van der Waals surface area contributed by atoms with E-state index in [4.69, 9.17) is 0 Å². The first kappa shape index (κ1) is 11.1. The Bertz CT molecular complexity index is 112. The highest BCUT2D eigenvalue weighted by Gasteiger charge is 1.97. The third-order valence-corrected chi connectivity index (χ3v) is 2.68. The van der Waals surface area contributed by atoms with Crippen molar-refractivity contribution in [2.24, 2.45) is 0 Å². The lowest BCUT2D eigenvalue weighted by atomic mass is 10.2. The summed E-state index contributed by atoms with van der Waals surface area (Å²) in [5.41, 5.74) is 1.29. The predicted molar refractivity (Wildman–Crippen MR) is 55.3 cm³/mol. The molecule has 0 fully saturated rings. The van der Waals surface area contributed by atoms with Gasteiger partial charge in [0.1, 0.15) is 0 Å². The first-order chi connectivity index (χ1) is 5.20.